The quantitative estimate of drug-likeness (QED) is 0.652. The molecule has 6 nitrogen and oxygen atoms in total. The van der Waals surface area contributed by atoms with Gasteiger partial charge in [-0.15, -0.1) is 23.7 Å². The van der Waals surface area contributed by atoms with Crippen molar-refractivity contribution in [3.8, 4) is 0 Å². The normalized spacial score (nSPS) is 9.96. The van der Waals surface area contributed by atoms with Crippen LogP contribution in [0.2, 0.25) is 0 Å². The van der Waals surface area contributed by atoms with Crippen LogP contribution in [-0.4, -0.2) is 29.9 Å². The summed E-state index contributed by atoms with van der Waals surface area (Å²) < 4.78 is 0.873. The zero-order valence-electron chi connectivity index (χ0n) is 13.0. The lowest BCUT2D eigenvalue weighted by Crippen LogP contribution is -2.33. The SMILES string of the molecule is Cc1ccc(Br)cc1NC(=O)CNC(=O)c1csc(CCN)n1.Cl. The lowest BCUT2D eigenvalue weighted by molar-refractivity contribution is -0.115. The second-order valence-corrected chi connectivity index (χ2v) is 6.71. The van der Waals surface area contributed by atoms with Crippen LogP contribution in [-0.2, 0) is 11.2 Å². The molecule has 2 amide bonds. The predicted octanol–water partition coefficient (Wildman–Crippen LogP) is 2.51. The largest absolute Gasteiger partial charge is 0.342 e. The molecule has 0 aliphatic heterocycles. The van der Waals surface area contributed by atoms with Crippen LogP contribution in [0.3, 0.4) is 0 Å². The molecule has 0 spiro atoms. The van der Waals surface area contributed by atoms with Gasteiger partial charge in [-0.25, -0.2) is 4.98 Å². The fourth-order valence-electron chi connectivity index (χ4n) is 1.83. The first kappa shape index (κ1) is 20.6. The van der Waals surface area contributed by atoms with Crippen LogP contribution in [0.15, 0.2) is 28.1 Å². The molecule has 24 heavy (non-hydrogen) atoms. The number of carbonyl (C=O) groups is 2. The Kier molecular flexibility index (Phi) is 8.34. The number of halogens is 2. The maximum atomic E-state index is 12.0. The molecule has 0 aliphatic rings. The van der Waals surface area contributed by atoms with E-state index >= 15 is 0 Å². The molecule has 0 radical (unpaired) electrons. The summed E-state index contributed by atoms with van der Waals surface area (Å²) in [6, 6.07) is 5.61. The van der Waals surface area contributed by atoms with Gasteiger partial charge < -0.3 is 16.4 Å². The number of aryl methyl sites for hydroxylation is 1. The van der Waals surface area contributed by atoms with Gasteiger partial charge in [-0.1, -0.05) is 22.0 Å². The van der Waals surface area contributed by atoms with Crippen LogP contribution in [0, 0.1) is 6.92 Å². The van der Waals surface area contributed by atoms with Gasteiger partial charge in [-0.3, -0.25) is 9.59 Å². The van der Waals surface area contributed by atoms with Crippen LogP contribution in [0.5, 0.6) is 0 Å². The number of amides is 2. The second-order valence-electron chi connectivity index (χ2n) is 4.86. The number of thiazole rings is 1. The zero-order valence-corrected chi connectivity index (χ0v) is 16.2. The molecule has 0 aliphatic carbocycles. The van der Waals surface area contributed by atoms with Crippen molar-refractivity contribution >= 4 is 57.2 Å². The molecule has 1 aromatic heterocycles. The molecule has 4 N–H and O–H groups in total. The Bertz CT molecular complexity index is 723. The molecular weight excluding hydrogens is 416 g/mol. The molecule has 0 saturated carbocycles. The van der Waals surface area contributed by atoms with Gasteiger partial charge in [0.15, 0.2) is 0 Å². The van der Waals surface area contributed by atoms with Crippen molar-refractivity contribution in [2.24, 2.45) is 5.73 Å². The minimum absolute atomic E-state index is 0. The number of nitrogens with two attached hydrogens (primary N) is 1. The van der Waals surface area contributed by atoms with E-state index in [0.717, 1.165) is 15.0 Å². The first-order chi connectivity index (χ1) is 11.0. The summed E-state index contributed by atoms with van der Waals surface area (Å²) in [5, 5.41) is 7.80. The summed E-state index contributed by atoms with van der Waals surface area (Å²) in [4.78, 5) is 28.1. The average Bonchev–Trinajstić information content (AvgIpc) is 2.98. The monoisotopic (exact) mass is 432 g/mol. The molecule has 0 saturated heterocycles. The number of nitrogens with one attached hydrogen (secondary N) is 2. The standard InChI is InChI=1S/C15H17BrN4O2S.ClH/c1-9-2-3-10(16)6-11(9)19-13(21)7-18-15(22)12-8-23-14(20-12)4-5-17;/h2-3,6,8H,4-5,7,17H2,1H3,(H,18,22)(H,19,21);1H. The summed E-state index contributed by atoms with van der Waals surface area (Å²) in [6.07, 6.45) is 0.639. The Morgan fingerprint density at radius 1 is 1.38 bits per heavy atom. The van der Waals surface area contributed by atoms with E-state index in [0.29, 0.717) is 24.3 Å². The smallest absolute Gasteiger partial charge is 0.271 e. The van der Waals surface area contributed by atoms with E-state index < -0.39 is 0 Å². The van der Waals surface area contributed by atoms with Crippen molar-refractivity contribution in [1.82, 2.24) is 10.3 Å². The summed E-state index contributed by atoms with van der Waals surface area (Å²) in [7, 11) is 0. The van der Waals surface area contributed by atoms with Gasteiger partial charge in [0.1, 0.15) is 5.69 Å². The van der Waals surface area contributed by atoms with E-state index in [-0.39, 0.29) is 30.8 Å². The van der Waals surface area contributed by atoms with Crippen molar-refractivity contribution in [2.75, 3.05) is 18.4 Å². The van der Waals surface area contributed by atoms with Crippen molar-refractivity contribution in [2.45, 2.75) is 13.3 Å². The second kappa shape index (κ2) is 9.73. The zero-order chi connectivity index (χ0) is 16.8. The van der Waals surface area contributed by atoms with Gasteiger partial charge in [0.2, 0.25) is 5.91 Å². The molecule has 1 heterocycles. The molecule has 0 bridgehead atoms. The van der Waals surface area contributed by atoms with Crippen LogP contribution < -0.4 is 16.4 Å². The number of carbonyl (C=O) groups excluding carboxylic acids is 2. The number of anilines is 1. The summed E-state index contributed by atoms with van der Waals surface area (Å²) in [5.41, 5.74) is 7.41. The molecule has 0 fully saturated rings. The highest BCUT2D eigenvalue weighted by atomic mass is 79.9. The topological polar surface area (TPSA) is 97.1 Å². The Balaban J connectivity index is 0.00000288. The third-order valence-corrected chi connectivity index (χ3v) is 4.43. The highest BCUT2D eigenvalue weighted by Gasteiger charge is 2.12. The molecular formula is C15H18BrClN4O2S. The molecule has 130 valence electrons. The van der Waals surface area contributed by atoms with Gasteiger partial charge in [0.05, 0.1) is 11.6 Å². The fourth-order valence-corrected chi connectivity index (χ4v) is 2.98. The number of hydrogen-bond donors (Lipinski definition) is 3. The van der Waals surface area contributed by atoms with Crippen LogP contribution in [0.4, 0.5) is 5.69 Å². The van der Waals surface area contributed by atoms with Gasteiger partial charge >= 0.3 is 0 Å². The summed E-state index contributed by atoms with van der Waals surface area (Å²) in [5.74, 6) is -0.664. The number of rotatable bonds is 6. The van der Waals surface area contributed by atoms with Gasteiger partial charge in [0.25, 0.3) is 5.91 Å². The Labute approximate surface area is 158 Å². The van der Waals surface area contributed by atoms with Crippen LogP contribution in [0.25, 0.3) is 0 Å². The lowest BCUT2D eigenvalue weighted by Gasteiger charge is -2.09. The maximum Gasteiger partial charge on any atom is 0.271 e. The van der Waals surface area contributed by atoms with E-state index in [1.807, 2.05) is 25.1 Å². The van der Waals surface area contributed by atoms with E-state index in [1.54, 1.807) is 5.38 Å². The third-order valence-electron chi connectivity index (χ3n) is 3.03. The Morgan fingerprint density at radius 2 is 2.12 bits per heavy atom. The fraction of sp³-hybridized carbons (Fsp3) is 0.267. The van der Waals surface area contributed by atoms with Crippen molar-refractivity contribution in [1.29, 1.82) is 0 Å². The molecule has 0 atom stereocenters. The molecule has 2 aromatic rings. The van der Waals surface area contributed by atoms with Gasteiger partial charge in [-0.2, -0.15) is 0 Å². The number of benzene rings is 1. The number of aromatic nitrogens is 1. The van der Waals surface area contributed by atoms with Crippen molar-refractivity contribution in [3.05, 3.63) is 44.3 Å². The summed E-state index contributed by atoms with van der Waals surface area (Å²) in [6.45, 7) is 2.27. The molecule has 0 unspecified atom stereocenters. The minimum atomic E-state index is -0.370. The van der Waals surface area contributed by atoms with Crippen molar-refractivity contribution in [3.63, 3.8) is 0 Å². The Hall–Kier alpha value is -1.48. The maximum absolute atomic E-state index is 12.0. The lowest BCUT2D eigenvalue weighted by atomic mass is 10.2. The average molecular weight is 434 g/mol. The molecule has 1 aromatic carbocycles. The highest BCUT2D eigenvalue weighted by molar-refractivity contribution is 9.10. The van der Waals surface area contributed by atoms with E-state index in [1.165, 1.54) is 11.3 Å². The number of nitrogens with zero attached hydrogens (tertiary/aromatic N) is 1. The minimum Gasteiger partial charge on any atom is -0.342 e. The number of hydrogen-bond acceptors (Lipinski definition) is 5. The summed E-state index contributed by atoms with van der Waals surface area (Å²) >= 11 is 4.74. The highest BCUT2D eigenvalue weighted by Crippen LogP contribution is 2.20. The Morgan fingerprint density at radius 3 is 2.83 bits per heavy atom. The van der Waals surface area contributed by atoms with E-state index in [9.17, 15) is 9.59 Å². The molecule has 2 rings (SSSR count). The van der Waals surface area contributed by atoms with Gasteiger partial charge in [-0.05, 0) is 31.2 Å². The van der Waals surface area contributed by atoms with Crippen LogP contribution >= 0.6 is 39.7 Å². The first-order valence-electron chi connectivity index (χ1n) is 6.98. The van der Waals surface area contributed by atoms with Gasteiger partial charge in [0, 0.05) is 22.0 Å². The molecule has 9 heteroatoms. The van der Waals surface area contributed by atoms with Crippen LogP contribution in [0.1, 0.15) is 21.1 Å². The predicted molar refractivity (Wildman–Crippen MR) is 102 cm³/mol. The third kappa shape index (κ3) is 5.86. The van der Waals surface area contributed by atoms with E-state index in [4.69, 9.17) is 5.73 Å². The van der Waals surface area contributed by atoms with Crippen molar-refractivity contribution < 1.29 is 9.59 Å². The van der Waals surface area contributed by atoms with E-state index in [2.05, 4.69) is 31.5 Å². The first-order valence-corrected chi connectivity index (χ1v) is 8.65.